The van der Waals surface area contributed by atoms with E-state index in [9.17, 15) is 17.2 Å². The highest BCUT2D eigenvalue weighted by atomic mass is 32.2. The van der Waals surface area contributed by atoms with Crippen LogP contribution >= 0.6 is 0 Å². The predicted molar refractivity (Wildman–Crippen MR) is 78.2 cm³/mol. The lowest BCUT2D eigenvalue weighted by Crippen LogP contribution is -2.31. The first-order chi connectivity index (χ1) is 10.8. The molecular weight excluding hydrogens is 326 g/mol. The number of halogens is 2. The normalized spacial score (nSPS) is 19.4. The van der Waals surface area contributed by atoms with Gasteiger partial charge < -0.3 is 4.52 Å². The van der Waals surface area contributed by atoms with E-state index in [4.69, 9.17) is 4.52 Å². The highest BCUT2D eigenvalue weighted by Crippen LogP contribution is 2.39. The SMILES string of the molecule is Cc1noc(C)c1C1CCCN1S(=O)(=O)c1cc(F)ccc1F. The molecule has 1 aromatic carbocycles. The summed E-state index contributed by atoms with van der Waals surface area (Å²) in [4.78, 5) is -0.642. The van der Waals surface area contributed by atoms with Crippen LogP contribution in [-0.4, -0.2) is 24.4 Å². The predicted octanol–water partition coefficient (Wildman–Crippen LogP) is 3.10. The van der Waals surface area contributed by atoms with E-state index in [1.54, 1.807) is 13.8 Å². The van der Waals surface area contributed by atoms with Crippen LogP contribution in [0, 0.1) is 25.5 Å². The van der Waals surface area contributed by atoms with Crippen LogP contribution in [0.1, 0.15) is 35.9 Å². The first kappa shape index (κ1) is 16.1. The maximum atomic E-state index is 13.9. The highest BCUT2D eigenvalue weighted by Gasteiger charge is 2.40. The summed E-state index contributed by atoms with van der Waals surface area (Å²) in [5, 5.41) is 3.85. The van der Waals surface area contributed by atoms with Gasteiger partial charge in [0, 0.05) is 12.1 Å². The lowest BCUT2D eigenvalue weighted by molar-refractivity contribution is 0.374. The van der Waals surface area contributed by atoms with Gasteiger partial charge in [-0.3, -0.25) is 0 Å². The Morgan fingerprint density at radius 1 is 1.30 bits per heavy atom. The van der Waals surface area contributed by atoms with Crippen molar-refractivity contribution in [3.8, 4) is 0 Å². The minimum absolute atomic E-state index is 0.243. The standard InChI is InChI=1S/C15H16F2N2O3S/c1-9-15(10(2)22-18-9)13-4-3-7-19(13)23(20,21)14-8-11(16)5-6-12(14)17/h5-6,8,13H,3-4,7H2,1-2H3. The number of benzene rings is 1. The van der Waals surface area contributed by atoms with Gasteiger partial charge in [-0.05, 0) is 44.9 Å². The largest absolute Gasteiger partial charge is 0.361 e. The van der Waals surface area contributed by atoms with Gasteiger partial charge in [-0.1, -0.05) is 5.16 Å². The molecule has 1 fully saturated rings. The molecule has 2 aromatic rings. The van der Waals surface area contributed by atoms with Gasteiger partial charge in [-0.15, -0.1) is 0 Å². The van der Waals surface area contributed by atoms with Gasteiger partial charge in [-0.25, -0.2) is 17.2 Å². The Kier molecular flexibility index (Phi) is 3.97. The van der Waals surface area contributed by atoms with Crippen molar-refractivity contribution in [1.29, 1.82) is 0 Å². The molecule has 8 heteroatoms. The first-order valence-corrected chi connectivity index (χ1v) is 8.66. The summed E-state index contributed by atoms with van der Waals surface area (Å²) >= 11 is 0. The van der Waals surface area contributed by atoms with Gasteiger partial charge in [0.2, 0.25) is 10.0 Å². The van der Waals surface area contributed by atoms with E-state index >= 15 is 0 Å². The molecule has 1 aliphatic heterocycles. The summed E-state index contributed by atoms with van der Waals surface area (Å²) in [7, 11) is -4.15. The second-order valence-corrected chi connectivity index (χ2v) is 7.45. The van der Waals surface area contributed by atoms with Crippen molar-refractivity contribution >= 4 is 10.0 Å². The van der Waals surface area contributed by atoms with Crippen LogP contribution in [0.2, 0.25) is 0 Å². The highest BCUT2D eigenvalue weighted by molar-refractivity contribution is 7.89. The van der Waals surface area contributed by atoms with E-state index in [2.05, 4.69) is 5.16 Å². The fourth-order valence-electron chi connectivity index (χ4n) is 3.08. The van der Waals surface area contributed by atoms with Crippen molar-refractivity contribution in [2.24, 2.45) is 0 Å². The van der Waals surface area contributed by atoms with Crippen LogP contribution in [0.25, 0.3) is 0 Å². The minimum Gasteiger partial charge on any atom is -0.361 e. The molecular formula is C15H16F2N2O3S. The van der Waals surface area contributed by atoms with Gasteiger partial charge in [0.05, 0.1) is 11.7 Å². The molecule has 1 unspecified atom stereocenters. The molecule has 0 saturated carbocycles. The number of aryl methyl sites for hydroxylation is 2. The van der Waals surface area contributed by atoms with Crippen LogP contribution < -0.4 is 0 Å². The fraction of sp³-hybridized carbons (Fsp3) is 0.400. The van der Waals surface area contributed by atoms with E-state index < -0.39 is 32.6 Å². The maximum absolute atomic E-state index is 13.9. The molecule has 0 bridgehead atoms. The van der Waals surface area contributed by atoms with Gasteiger partial charge in [0.25, 0.3) is 0 Å². The topological polar surface area (TPSA) is 63.4 Å². The lowest BCUT2D eigenvalue weighted by Gasteiger charge is -2.24. The molecule has 0 N–H and O–H groups in total. The Balaban J connectivity index is 2.07. The van der Waals surface area contributed by atoms with Crippen molar-refractivity contribution in [1.82, 2.24) is 9.46 Å². The lowest BCUT2D eigenvalue weighted by atomic mass is 10.0. The van der Waals surface area contributed by atoms with Crippen LogP contribution in [-0.2, 0) is 10.0 Å². The molecule has 0 radical (unpaired) electrons. The molecule has 0 spiro atoms. The van der Waals surface area contributed by atoms with E-state index in [-0.39, 0.29) is 6.54 Å². The molecule has 1 atom stereocenters. The van der Waals surface area contributed by atoms with Crippen molar-refractivity contribution < 1.29 is 21.7 Å². The van der Waals surface area contributed by atoms with Gasteiger partial charge in [0.15, 0.2) is 0 Å². The Morgan fingerprint density at radius 2 is 2.04 bits per heavy atom. The Morgan fingerprint density at radius 3 is 2.70 bits per heavy atom. The van der Waals surface area contributed by atoms with E-state index in [0.29, 0.717) is 35.9 Å². The summed E-state index contributed by atoms with van der Waals surface area (Å²) in [6, 6.07) is 1.95. The third kappa shape index (κ3) is 2.66. The van der Waals surface area contributed by atoms with Crippen molar-refractivity contribution in [2.75, 3.05) is 6.54 Å². The summed E-state index contributed by atoms with van der Waals surface area (Å²) in [5.74, 6) is -1.22. The maximum Gasteiger partial charge on any atom is 0.246 e. The smallest absolute Gasteiger partial charge is 0.246 e. The van der Waals surface area contributed by atoms with Crippen LogP contribution in [0.3, 0.4) is 0 Å². The molecule has 0 aliphatic carbocycles. The monoisotopic (exact) mass is 342 g/mol. The van der Waals surface area contributed by atoms with E-state index in [0.717, 1.165) is 12.1 Å². The summed E-state index contributed by atoms with van der Waals surface area (Å²) in [5.41, 5.74) is 1.30. The number of hydrogen-bond acceptors (Lipinski definition) is 4. The Hall–Kier alpha value is -1.80. The second kappa shape index (κ2) is 5.68. The zero-order chi connectivity index (χ0) is 16.8. The number of rotatable bonds is 3. The van der Waals surface area contributed by atoms with Crippen LogP contribution in [0.15, 0.2) is 27.6 Å². The molecule has 1 aliphatic rings. The van der Waals surface area contributed by atoms with Crippen molar-refractivity contribution in [2.45, 2.75) is 37.6 Å². The molecule has 2 heterocycles. The summed E-state index contributed by atoms with van der Waals surface area (Å²) < 4.78 is 59.3. The average molecular weight is 342 g/mol. The third-order valence-electron chi connectivity index (χ3n) is 4.11. The van der Waals surface area contributed by atoms with Gasteiger partial charge in [0.1, 0.15) is 22.3 Å². The van der Waals surface area contributed by atoms with Gasteiger partial charge >= 0.3 is 0 Å². The van der Waals surface area contributed by atoms with E-state index in [1.807, 2.05) is 0 Å². The molecule has 1 aromatic heterocycles. The number of hydrogen-bond donors (Lipinski definition) is 0. The minimum atomic E-state index is -4.15. The quantitative estimate of drug-likeness (QED) is 0.860. The van der Waals surface area contributed by atoms with E-state index in [1.165, 1.54) is 4.31 Å². The fourth-order valence-corrected chi connectivity index (χ4v) is 4.83. The molecule has 0 amide bonds. The molecule has 124 valence electrons. The van der Waals surface area contributed by atoms with Crippen molar-refractivity contribution in [3.05, 3.63) is 46.9 Å². The number of aromatic nitrogens is 1. The Labute approximate surface area is 132 Å². The molecule has 3 rings (SSSR count). The summed E-state index contributed by atoms with van der Waals surface area (Å²) in [6.45, 7) is 3.69. The Bertz CT molecular complexity index is 829. The summed E-state index contributed by atoms with van der Waals surface area (Å²) in [6.07, 6.45) is 1.21. The first-order valence-electron chi connectivity index (χ1n) is 7.22. The second-order valence-electron chi connectivity index (χ2n) is 5.59. The molecule has 1 saturated heterocycles. The number of nitrogens with zero attached hydrogens (tertiary/aromatic N) is 2. The zero-order valence-electron chi connectivity index (χ0n) is 12.7. The molecule has 23 heavy (non-hydrogen) atoms. The third-order valence-corrected chi connectivity index (χ3v) is 6.03. The van der Waals surface area contributed by atoms with Crippen molar-refractivity contribution in [3.63, 3.8) is 0 Å². The number of sulfonamides is 1. The van der Waals surface area contributed by atoms with Crippen LogP contribution in [0.4, 0.5) is 8.78 Å². The average Bonchev–Trinajstić information content (AvgIpc) is 3.08. The molecule has 5 nitrogen and oxygen atoms in total. The van der Waals surface area contributed by atoms with Crippen LogP contribution in [0.5, 0.6) is 0 Å². The zero-order valence-corrected chi connectivity index (χ0v) is 13.5. The van der Waals surface area contributed by atoms with Gasteiger partial charge in [-0.2, -0.15) is 4.31 Å².